The van der Waals surface area contributed by atoms with Crippen molar-refractivity contribution in [1.82, 2.24) is 4.31 Å². The molecule has 1 saturated heterocycles. The molecule has 1 aliphatic rings. The smallest absolute Gasteiger partial charge is 0.216 e. The maximum atomic E-state index is 12.1. The lowest BCUT2D eigenvalue weighted by atomic mass is 10.1. The minimum atomic E-state index is -3.21. The summed E-state index contributed by atoms with van der Waals surface area (Å²) in [5.41, 5.74) is 5.63. The van der Waals surface area contributed by atoms with Gasteiger partial charge in [0, 0.05) is 19.1 Å². The van der Waals surface area contributed by atoms with Crippen LogP contribution in [0.5, 0.6) is 0 Å². The fraction of sp³-hybridized carbons (Fsp3) is 1.00. The van der Waals surface area contributed by atoms with Gasteiger partial charge in [0.2, 0.25) is 10.0 Å². The van der Waals surface area contributed by atoms with Crippen molar-refractivity contribution in [2.45, 2.75) is 45.3 Å². The summed E-state index contributed by atoms with van der Waals surface area (Å²) in [6, 6.07) is -0.0206. The third kappa shape index (κ3) is 5.40. The normalized spacial score (nSPS) is 21.9. The molecule has 0 saturated carbocycles. The van der Waals surface area contributed by atoms with Crippen LogP contribution in [0, 0.1) is 0 Å². The lowest BCUT2D eigenvalue weighted by Crippen LogP contribution is -2.48. The molecule has 0 aromatic carbocycles. The first kappa shape index (κ1) is 18.1. The standard InChI is InChI=1S/C11H24N2O3S.ClH/c1-10(2)16-7-8-17(14,15)13-6-4-3-5-11(13)9-12;/h10-11H,3-9,12H2,1-2H3;1H. The lowest BCUT2D eigenvalue weighted by Gasteiger charge is -2.33. The van der Waals surface area contributed by atoms with E-state index >= 15 is 0 Å². The molecule has 0 amide bonds. The van der Waals surface area contributed by atoms with E-state index < -0.39 is 10.0 Å². The Kier molecular flexibility index (Phi) is 8.38. The largest absolute Gasteiger partial charge is 0.378 e. The molecule has 0 radical (unpaired) electrons. The van der Waals surface area contributed by atoms with E-state index in [-0.39, 0.29) is 36.9 Å². The Hall–Kier alpha value is 0.120. The summed E-state index contributed by atoms with van der Waals surface area (Å²) in [6.45, 7) is 5.07. The van der Waals surface area contributed by atoms with E-state index in [0.717, 1.165) is 19.3 Å². The number of rotatable bonds is 6. The second-order valence-electron chi connectivity index (χ2n) is 4.73. The Balaban J connectivity index is 0.00000289. The fourth-order valence-corrected chi connectivity index (χ4v) is 3.68. The van der Waals surface area contributed by atoms with Gasteiger partial charge in [0.25, 0.3) is 0 Å². The average Bonchev–Trinajstić information content (AvgIpc) is 2.28. The first-order chi connectivity index (χ1) is 7.97. The van der Waals surface area contributed by atoms with E-state index in [1.54, 1.807) is 4.31 Å². The first-order valence-electron chi connectivity index (χ1n) is 6.28. The summed E-state index contributed by atoms with van der Waals surface area (Å²) in [5, 5.41) is 0. The molecule has 1 rings (SSSR count). The number of nitrogens with zero attached hydrogens (tertiary/aromatic N) is 1. The van der Waals surface area contributed by atoms with Gasteiger partial charge < -0.3 is 10.5 Å². The predicted molar refractivity (Wildman–Crippen MR) is 75.5 cm³/mol. The number of sulfonamides is 1. The zero-order chi connectivity index (χ0) is 12.9. The molecule has 110 valence electrons. The van der Waals surface area contributed by atoms with E-state index in [0.29, 0.717) is 13.1 Å². The number of hydrogen-bond acceptors (Lipinski definition) is 4. The molecule has 18 heavy (non-hydrogen) atoms. The maximum absolute atomic E-state index is 12.1. The summed E-state index contributed by atoms with van der Waals surface area (Å²) in [4.78, 5) is 0. The highest BCUT2D eigenvalue weighted by Gasteiger charge is 2.30. The van der Waals surface area contributed by atoms with Gasteiger partial charge >= 0.3 is 0 Å². The molecule has 0 aromatic rings. The number of hydrogen-bond donors (Lipinski definition) is 1. The number of piperidine rings is 1. The molecular formula is C11H25ClN2O3S. The van der Waals surface area contributed by atoms with Gasteiger partial charge in [0.15, 0.2) is 0 Å². The second-order valence-corrected chi connectivity index (χ2v) is 6.77. The molecule has 1 unspecified atom stereocenters. The molecule has 1 atom stereocenters. The van der Waals surface area contributed by atoms with E-state index in [9.17, 15) is 8.42 Å². The van der Waals surface area contributed by atoms with Crippen LogP contribution >= 0.6 is 12.4 Å². The molecule has 1 fully saturated rings. The van der Waals surface area contributed by atoms with Crippen molar-refractivity contribution in [1.29, 1.82) is 0 Å². The van der Waals surface area contributed by atoms with Gasteiger partial charge in [-0.25, -0.2) is 8.42 Å². The average molecular weight is 301 g/mol. The zero-order valence-corrected chi connectivity index (χ0v) is 12.8. The molecule has 1 heterocycles. The molecule has 0 bridgehead atoms. The van der Waals surface area contributed by atoms with Crippen LogP contribution in [-0.4, -0.2) is 50.3 Å². The number of halogens is 1. The highest BCUT2D eigenvalue weighted by atomic mass is 35.5. The van der Waals surface area contributed by atoms with Crippen molar-refractivity contribution in [2.75, 3.05) is 25.4 Å². The van der Waals surface area contributed by atoms with Gasteiger partial charge in [0.1, 0.15) is 0 Å². The third-order valence-electron chi connectivity index (χ3n) is 2.99. The molecule has 0 aliphatic carbocycles. The Morgan fingerprint density at radius 1 is 1.39 bits per heavy atom. The van der Waals surface area contributed by atoms with Gasteiger partial charge in [-0.3, -0.25) is 0 Å². The maximum Gasteiger partial charge on any atom is 0.216 e. The molecule has 1 aliphatic heterocycles. The summed E-state index contributed by atoms with van der Waals surface area (Å²) >= 11 is 0. The Morgan fingerprint density at radius 2 is 2.06 bits per heavy atom. The van der Waals surface area contributed by atoms with Crippen LogP contribution in [0.25, 0.3) is 0 Å². The van der Waals surface area contributed by atoms with Crippen LogP contribution in [0.3, 0.4) is 0 Å². The Bertz CT molecular complexity index is 322. The monoisotopic (exact) mass is 300 g/mol. The van der Waals surface area contributed by atoms with Crippen LogP contribution in [0.2, 0.25) is 0 Å². The van der Waals surface area contributed by atoms with Crippen LogP contribution in [-0.2, 0) is 14.8 Å². The van der Waals surface area contributed by atoms with Crippen LogP contribution < -0.4 is 5.73 Å². The van der Waals surface area contributed by atoms with Gasteiger partial charge in [0.05, 0.1) is 18.5 Å². The molecule has 2 N–H and O–H groups in total. The SMILES string of the molecule is CC(C)OCCS(=O)(=O)N1CCCCC1CN.Cl. The molecule has 0 aromatic heterocycles. The van der Waals surface area contributed by atoms with Crippen molar-refractivity contribution in [2.24, 2.45) is 5.73 Å². The van der Waals surface area contributed by atoms with E-state index in [2.05, 4.69) is 0 Å². The van der Waals surface area contributed by atoms with Gasteiger partial charge in [-0.15, -0.1) is 12.4 Å². The summed E-state index contributed by atoms with van der Waals surface area (Å²) < 4.78 is 31.1. The van der Waals surface area contributed by atoms with Gasteiger partial charge in [-0.2, -0.15) is 4.31 Å². The zero-order valence-electron chi connectivity index (χ0n) is 11.2. The highest BCUT2D eigenvalue weighted by molar-refractivity contribution is 7.89. The van der Waals surface area contributed by atoms with E-state index in [1.807, 2.05) is 13.8 Å². The molecular weight excluding hydrogens is 276 g/mol. The minimum Gasteiger partial charge on any atom is -0.378 e. The van der Waals surface area contributed by atoms with Crippen LogP contribution in [0.15, 0.2) is 0 Å². The predicted octanol–water partition coefficient (Wildman–Crippen LogP) is 0.976. The van der Waals surface area contributed by atoms with Crippen molar-refractivity contribution < 1.29 is 13.2 Å². The Labute approximate surface area is 117 Å². The third-order valence-corrected chi connectivity index (χ3v) is 4.87. The van der Waals surface area contributed by atoms with Crippen molar-refractivity contribution in [3.63, 3.8) is 0 Å². The topological polar surface area (TPSA) is 72.6 Å². The highest BCUT2D eigenvalue weighted by Crippen LogP contribution is 2.20. The number of ether oxygens (including phenoxy) is 1. The number of nitrogens with two attached hydrogens (primary N) is 1. The summed E-state index contributed by atoms with van der Waals surface area (Å²) in [6.07, 6.45) is 2.94. The van der Waals surface area contributed by atoms with Crippen molar-refractivity contribution in [3.8, 4) is 0 Å². The molecule has 7 heteroatoms. The fourth-order valence-electron chi connectivity index (χ4n) is 2.08. The minimum absolute atomic E-state index is 0. The quantitative estimate of drug-likeness (QED) is 0.793. The van der Waals surface area contributed by atoms with Crippen molar-refractivity contribution >= 4 is 22.4 Å². The second kappa shape index (κ2) is 8.32. The van der Waals surface area contributed by atoms with E-state index in [1.165, 1.54) is 0 Å². The molecule has 5 nitrogen and oxygen atoms in total. The van der Waals surface area contributed by atoms with Gasteiger partial charge in [-0.1, -0.05) is 6.42 Å². The van der Waals surface area contributed by atoms with Gasteiger partial charge in [-0.05, 0) is 26.7 Å². The van der Waals surface area contributed by atoms with Crippen LogP contribution in [0.1, 0.15) is 33.1 Å². The van der Waals surface area contributed by atoms with E-state index in [4.69, 9.17) is 10.5 Å². The molecule has 0 spiro atoms. The van der Waals surface area contributed by atoms with Crippen LogP contribution in [0.4, 0.5) is 0 Å². The Morgan fingerprint density at radius 3 is 2.61 bits per heavy atom. The summed E-state index contributed by atoms with van der Waals surface area (Å²) in [7, 11) is -3.21. The summed E-state index contributed by atoms with van der Waals surface area (Å²) in [5.74, 6) is 0.0572. The van der Waals surface area contributed by atoms with Crippen molar-refractivity contribution in [3.05, 3.63) is 0 Å². The lowest BCUT2D eigenvalue weighted by molar-refractivity contribution is 0.0902. The first-order valence-corrected chi connectivity index (χ1v) is 7.89.